The molecule has 0 radical (unpaired) electrons. The molecule has 14 heteroatoms. The molecule has 1 atom stereocenters. The second-order valence-corrected chi connectivity index (χ2v) is 14.4. The first-order chi connectivity index (χ1) is 25.6. The van der Waals surface area contributed by atoms with Crippen LogP contribution in [-0.4, -0.2) is 87.2 Å². The highest BCUT2D eigenvalue weighted by atomic mass is 127. The number of benzene rings is 3. The average molecular weight is 853 g/mol. The van der Waals surface area contributed by atoms with Crippen LogP contribution in [0.15, 0.2) is 79.3 Å². The number of carboxylic acid groups (broad SMARTS) is 1. The van der Waals surface area contributed by atoms with Crippen LogP contribution >= 0.6 is 24.0 Å². The molecule has 2 aliphatic heterocycles. The fraction of sp³-hybridized carbons (Fsp3) is 0.350. The van der Waals surface area contributed by atoms with Crippen LogP contribution in [0.1, 0.15) is 42.1 Å². The van der Waals surface area contributed by atoms with Gasteiger partial charge in [0.1, 0.15) is 5.75 Å². The van der Waals surface area contributed by atoms with E-state index in [9.17, 15) is 14.7 Å². The molecule has 0 spiro atoms. The van der Waals surface area contributed by atoms with Crippen molar-refractivity contribution in [3.63, 3.8) is 0 Å². The number of imidazole rings is 1. The maximum Gasteiger partial charge on any atom is 0.407 e. The first-order valence-corrected chi connectivity index (χ1v) is 18.1. The summed E-state index contributed by atoms with van der Waals surface area (Å²) in [6.07, 6.45) is 7.42. The summed E-state index contributed by atoms with van der Waals surface area (Å²) in [5.74, 6) is -0.872. The van der Waals surface area contributed by atoms with Crippen molar-refractivity contribution in [2.24, 2.45) is 11.8 Å². The number of carbonyl (C=O) groups is 2. The molecule has 0 saturated carbocycles. The zero-order valence-corrected chi connectivity index (χ0v) is 32.6. The Kier molecular flexibility index (Phi) is 12.0. The van der Waals surface area contributed by atoms with Gasteiger partial charge in [0, 0.05) is 67.6 Å². The second kappa shape index (κ2) is 16.7. The van der Waals surface area contributed by atoms with Gasteiger partial charge in [-0.1, -0.05) is 25.1 Å². The molecule has 11 nitrogen and oxygen atoms in total. The van der Waals surface area contributed by atoms with E-state index in [2.05, 4.69) is 27.6 Å². The molecule has 4 heterocycles. The number of halogens is 3. The number of rotatable bonds is 11. The fourth-order valence-corrected chi connectivity index (χ4v) is 7.70. The Morgan fingerprint density at radius 3 is 2.50 bits per heavy atom. The molecule has 5 aromatic rings. The number of ether oxygens (including phenoxy) is 1. The minimum atomic E-state index is -1.10. The van der Waals surface area contributed by atoms with Gasteiger partial charge in [0.15, 0.2) is 23.0 Å². The number of aryl methyl sites for hydroxylation is 1. The molecule has 54 heavy (non-hydrogen) atoms. The largest absolute Gasteiger partial charge is 0.465 e. The Balaban J connectivity index is 0.00000497. The van der Waals surface area contributed by atoms with Crippen molar-refractivity contribution in [3.05, 3.63) is 102 Å². The van der Waals surface area contributed by atoms with Crippen molar-refractivity contribution in [1.29, 1.82) is 0 Å². The van der Waals surface area contributed by atoms with Gasteiger partial charge in [-0.15, -0.1) is 24.0 Å². The number of piperidine rings is 1. The van der Waals surface area contributed by atoms with Crippen LogP contribution in [0.5, 0.6) is 11.5 Å². The van der Waals surface area contributed by atoms with Crippen LogP contribution in [0.25, 0.3) is 16.9 Å². The summed E-state index contributed by atoms with van der Waals surface area (Å²) in [6, 6.07) is 17.0. The van der Waals surface area contributed by atoms with E-state index in [4.69, 9.17) is 4.74 Å². The number of nitrogens with one attached hydrogen (secondary N) is 2. The Bertz CT molecular complexity index is 2120. The van der Waals surface area contributed by atoms with E-state index < -0.39 is 17.7 Å². The lowest BCUT2D eigenvalue weighted by Crippen LogP contribution is -2.53. The van der Waals surface area contributed by atoms with Crippen LogP contribution in [0, 0.1) is 23.5 Å². The fourth-order valence-electron chi connectivity index (χ4n) is 7.70. The van der Waals surface area contributed by atoms with Gasteiger partial charge in [-0.2, -0.15) is 4.39 Å². The van der Waals surface area contributed by atoms with Gasteiger partial charge in [-0.3, -0.25) is 9.20 Å². The van der Waals surface area contributed by atoms with Crippen molar-refractivity contribution in [2.45, 2.75) is 32.6 Å². The molecule has 7 rings (SSSR count). The number of quaternary nitrogens is 1. The van der Waals surface area contributed by atoms with E-state index in [0.29, 0.717) is 72.1 Å². The first kappa shape index (κ1) is 38.9. The van der Waals surface area contributed by atoms with E-state index in [1.807, 2.05) is 25.1 Å². The number of fused-ring (bicyclic) bond motifs is 1. The third kappa shape index (κ3) is 8.44. The van der Waals surface area contributed by atoms with E-state index in [1.54, 1.807) is 47.1 Å². The van der Waals surface area contributed by atoms with E-state index in [1.165, 1.54) is 23.2 Å². The number of nitrogens with zero attached hydrogens (tertiary/aromatic N) is 5. The lowest BCUT2D eigenvalue weighted by atomic mass is 9.93. The number of aromatic nitrogens is 3. The van der Waals surface area contributed by atoms with Gasteiger partial charge in [0.25, 0.3) is 5.91 Å². The molecule has 284 valence electrons. The molecule has 2 aromatic heterocycles. The quantitative estimate of drug-likeness (QED) is 0.0911. The number of hydrogen-bond acceptors (Lipinski definition) is 6. The summed E-state index contributed by atoms with van der Waals surface area (Å²) in [5, 5.41) is 15.8. The Morgan fingerprint density at radius 1 is 1.00 bits per heavy atom. The molecule has 0 aliphatic carbocycles. The summed E-state index contributed by atoms with van der Waals surface area (Å²) in [5.41, 5.74) is 2.98. The number of para-hydroxylation sites is 1. The van der Waals surface area contributed by atoms with Crippen molar-refractivity contribution in [2.75, 3.05) is 51.6 Å². The van der Waals surface area contributed by atoms with Gasteiger partial charge < -0.3 is 29.9 Å². The van der Waals surface area contributed by atoms with Gasteiger partial charge in [0.05, 0.1) is 38.6 Å². The first-order valence-electron chi connectivity index (χ1n) is 18.1. The number of carbonyl (C=O) groups excluding carboxylic acids is 1. The maximum absolute atomic E-state index is 15.4. The molecule has 2 fully saturated rings. The highest BCUT2D eigenvalue weighted by Crippen LogP contribution is 2.34. The van der Waals surface area contributed by atoms with Crippen LogP contribution in [0.2, 0.25) is 0 Å². The summed E-state index contributed by atoms with van der Waals surface area (Å²) in [6.45, 7) is 6.89. The molecule has 2 aliphatic rings. The highest BCUT2D eigenvalue weighted by molar-refractivity contribution is 14.0. The van der Waals surface area contributed by atoms with Gasteiger partial charge >= 0.3 is 6.09 Å². The zero-order chi connectivity index (χ0) is 37.1. The second-order valence-electron chi connectivity index (χ2n) is 14.4. The Hall–Kier alpha value is -4.83. The molecular formula is C40H45F2IN7O4+. The third-order valence-electron chi connectivity index (χ3n) is 10.7. The molecule has 1 unspecified atom stereocenters. The molecular weight excluding hydrogens is 807 g/mol. The summed E-state index contributed by atoms with van der Waals surface area (Å²) >= 11 is 0. The molecule has 3 N–H and O–H groups in total. The number of amides is 2. The Morgan fingerprint density at radius 2 is 1.78 bits per heavy atom. The smallest absolute Gasteiger partial charge is 0.407 e. The molecule has 2 saturated heterocycles. The van der Waals surface area contributed by atoms with Crippen LogP contribution in [-0.2, 0) is 6.42 Å². The number of likely N-dealkylation sites (tertiary alicyclic amines) is 2. The predicted molar refractivity (Wildman–Crippen MR) is 213 cm³/mol. The minimum Gasteiger partial charge on any atom is -0.465 e. The van der Waals surface area contributed by atoms with E-state index >= 15 is 8.78 Å². The van der Waals surface area contributed by atoms with E-state index in [-0.39, 0.29) is 41.2 Å². The highest BCUT2D eigenvalue weighted by Gasteiger charge is 2.36. The minimum absolute atomic E-state index is 0. The SMILES string of the molecule is CCc1cc(Nc2nccn3c(-c4ccc(Oc5ccccc5)c(F)c4F)cnc23)ccc1C(=O)NCC1CC[N+](C)(CC2CCN(C(=O)O)C2)CC1.I. The lowest BCUT2D eigenvalue weighted by molar-refractivity contribution is -0.918. The van der Waals surface area contributed by atoms with Crippen LogP contribution in [0.4, 0.5) is 25.1 Å². The van der Waals surface area contributed by atoms with Crippen molar-refractivity contribution in [3.8, 4) is 22.8 Å². The van der Waals surface area contributed by atoms with Gasteiger partial charge in [-0.25, -0.2) is 19.2 Å². The van der Waals surface area contributed by atoms with E-state index in [0.717, 1.165) is 48.9 Å². The van der Waals surface area contributed by atoms with Crippen molar-refractivity contribution >= 4 is 53.1 Å². The Labute approximate surface area is 330 Å². The topological polar surface area (TPSA) is 121 Å². The summed E-state index contributed by atoms with van der Waals surface area (Å²) in [7, 11) is 2.27. The lowest BCUT2D eigenvalue weighted by Gasteiger charge is -2.42. The third-order valence-corrected chi connectivity index (χ3v) is 10.7. The molecule has 0 bridgehead atoms. The van der Waals surface area contributed by atoms with Crippen molar-refractivity contribution < 1.29 is 32.7 Å². The van der Waals surface area contributed by atoms with Crippen molar-refractivity contribution in [1.82, 2.24) is 24.6 Å². The standard InChI is InChI=1S/C40H43F2N7O4.HI/c1-3-28-21-29(9-10-31(28)39(50)45-22-26-14-19-49(2,20-15-26)25-27-13-17-47(24-27)40(51)52)46-37-38-44-23-33(48(38)18-16-43-37)32-11-12-34(36(42)35(32)41)53-30-7-5-4-6-8-30;/h4-12,16,18,21,23,26-27H,3,13-15,17,19-20,22,24-25H2,1-2H3,(H2-,43,45,46,50,51,52);1H/p+1. The number of hydrogen-bond donors (Lipinski definition) is 3. The zero-order valence-electron chi connectivity index (χ0n) is 30.3. The summed E-state index contributed by atoms with van der Waals surface area (Å²) < 4.78 is 38.7. The number of anilines is 2. The van der Waals surface area contributed by atoms with Crippen LogP contribution < -0.4 is 15.4 Å². The maximum atomic E-state index is 15.4. The van der Waals surface area contributed by atoms with Gasteiger partial charge in [0.2, 0.25) is 5.82 Å². The molecule has 2 amide bonds. The predicted octanol–water partition coefficient (Wildman–Crippen LogP) is 7.98. The molecule has 3 aromatic carbocycles. The van der Waals surface area contributed by atoms with Crippen LogP contribution in [0.3, 0.4) is 0 Å². The summed E-state index contributed by atoms with van der Waals surface area (Å²) in [4.78, 5) is 35.2. The average Bonchev–Trinajstić information content (AvgIpc) is 3.82. The monoisotopic (exact) mass is 852 g/mol. The van der Waals surface area contributed by atoms with Gasteiger partial charge in [-0.05, 0) is 66.8 Å². The normalized spacial score (nSPS) is 19.7.